The molecule has 0 aliphatic heterocycles. The van der Waals surface area contributed by atoms with E-state index in [1.54, 1.807) is 38.1 Å². The molecule has 20 heavy (non-hydrogen) atoms. The highest BCUT2D eigenvalue weighted by Gasteiger charge is 2.13. The van der Waals surface area contributed by atoms with Crippen LogP contribution in [0.5, 0.6) is 0 Å². The predicted molar refractivity (Wildman–Crippen MR) is 78.0 cm³/mol. The second kappa shape index (κ2) is 6.13. The van der Waals surface area contributed by atoms with Crippen molar-refractivity contribution in [1.29, 1.82) is 0 Å². The fraction of sp³-hybridized carbons (Fsp3) is 0.200. The van der Waals surface area contributed by atoms with Gasteiger partial charge in [-0.05, 0) is 44.2 Å². The highest BCUT2D eigenvalue weighted by molar-refractivity contribution is 9.10. The van der Waals surface area contributed by atoms with Crippen LogP contribution < -0.4 is 0 Å². The Hall–Kier alpha value is -1.75. The number of benzene rings is 1. The topological polar surface area (TPSA) is 39.2 Å². The second-order valence-corrected chi connectivity index (χ2v) is 5.09. The van der Waals surface area contributed by atoms with Crippen LogP contribution in [-0.4, -0.2) is 17.6 Å². The summed E-state index contributed by atoms with van der Waals surface area (Å²) in [6.45, 7) is 3.75. The maximum atomic E-state index is 13.9. The average molecular weight is 338 g/mol. The van der Waals surface area contributed by atoms with Crippen molar-refractivity contribution in [1.82, 2.24) is 4.98 Å². The van der Waals surface area contributed by atoms with E-state index in [2.05, 4.69) is 20.9 Å². The van der Waals surface area contributed by atoms with Crippen molar-refractivity contribution in [2.24, 2.45) is 0 Å². The summed E-state index contributed by atoms with van der Waals surface area (Å²) < 4.78 is 19.5. The first-order chi connectivity index (χ1) is 9.52. The largest absolute Gasteiger partial charge is 0.462 e. The summed E-state index contributed by atoms with van der Waals surface area (Å²) in [5.41, 5.74) is 1.80. The van der Waals surface area contributed by atoms with Gasteiger partial charge in [0.2, 0.25) is 0 Å². The van der Waals surface area contributed by atoms with Crippen molar-refractivity contribution in [3.05, 3.63) is 51.9 Å². The van der Waals surface area contributed by atoms with E-state index in [-0.39, 0.29) is 5.82 Å². The first kappa shape index (κ1) is 14.7. The Labute approximate surface area is 124 Å². The third-order valence-electron chi connectivity index (χ3n) is 2.79. The molecule has 0 amide bonds. The van der Waals surface area contributed by atoms with E-state index in [1.165, 1.54) is 6.07 Å². The molecule has 1 aromatic heterocycles. The Morgan fingerprint density at radius 2 is 2.10 bits per heavy atom. The molecule has 0 N–H and O–H groups in total. The van der Waals surface area contributed by atoms with E-state index in [4.69, 9.17) is 4.74 Å². The summed E-state index contributed by atoms with van der Waals surface area (Å²) >= 11 is 3.21. The Bertz CT molecular complexity index is 658. The van der Waals surface area contributed by atoms with Crippen molar-refractivity contribution < 1.29 is 13.9 Å². The first-order valence-electron chi connectivity index (χ1n) is 6.13. The molecule has 0 radical (unpaired) electrons. The molecule has 2 rings (SSSR count). The normalized spacial score (nSPS) is 10.4. The van der Waals surface area contributed by atoms with Crippen LogP contribution in [-0.2, 0) is 4.74 Å². The van der Waals surface area contributed by atoms with Gasteiger partial charge in [-0.3, -0.25) is 4.98 Å². The monoisotopic (exact) mass is 337 g/mol. The van der Waals surface area contributed by atoms with Gasteiger partial charge in [0.25, 0.3) is 0 Å². The fourth-order valence-electron chi connectivity index (χ4n) is 1.83. The molecule has 0 unspecified atom stereocenters. The fourth-order valence-corrected chi connectivity index (χ4v) is 2.17. The molecule has 0 atom stereocenters. The number of esters is 1. The third kappa shape index (κ3) is 3.04. The number of aromatic nitrogens is 1. The van der Waals surface area contributed by atoms with Crippen LogP contribution in [0.25, 0.3) is 11.3 Å². The average Bonchev–Trinajstić information content (AvgIpc) is 2.38. The number of halogens is 2. The van der Waals surface area contributed by atoms with Crippen molar-refractivity contribution in [2.75, 3.05) is 6.61 Å². The smallest absolute Gasteiger partial charge is 0.339 e. The number of ether oxygens (including phenoxy) is 1. The first-order valence-corrected chi connectivity index (χ1v) is 6.92. The quantitative estimate of drug-likeness (QED) is 0.790. The molecular weight excluding hydrogens is 325 g/mol. The van der Waals surface area contributed by atoms with E-state index in [1.807, 2.05) is 0 Å². The lowest BCUT2D eigenvalue weighted by molar-refractivity contribution is 0.0525. The van der Waals surface area contributed by atoms with Gasteiger partial charge in [0, 0.05) is 10.0 Å². The van der Waals surface area contributed by atoms with Crippen molar-refractivity contribution in [3.8, 4) is 11.3 Å². The molecule has 0 fully saturated rings. The van der Waals surface area contributed by atoms with E-state index in [9.17, 15) is 9.18 Å². The molecule has 0 aliphatic rings. The molecule has 2 aromatic rings. The van der Waals surface area contributed by atoms with E-state index in [0.29, 0.717) is 33.6 Å². The number of hydrogen-bond acceptors (Lipinski definition) is 3. The Kier molecular flexibility index (Phi) is 4.49. The van der Waals surface area contributed by atoms with Crippen LogP contribution in [0.4, 0.5) is 4.39 Å². The third-order valence-corrected chi connectivity index (χ3v) is 3.28. The summed E-state index contributed by atoms with van der Waals surface area (Å²) in [5, 5.41) is 0. The number of pyridine rings is 1. The highest BCUT2D eigenvalue weighted by Crippen LogP contribution is 2.25. The standard InChI is InChI=1S/C15H13BrFNO2/c1-3-20-15(19)11-6-7-14(18-9(11)2)12-5-4-10(16)8-13(12)17/h4-8H,3H2,1-2H3. The minimum atomic E-state index is -0.416. The lowest BCUT2D eigenvalue weighted by Gasteiger charge is -2.08. The SMILES string of the molecule is CCOC(=O)c1ccc(-c2ccc(Br)cc2F)nc1C. The molecular formula is C15H13BrFNO2. The van der Waals surface area contributed by atoms with Gasteiger partial charge in [-0.15, -0.1) is 0 Å². The maximum Gasteiger partial charge on any atom is 0.339 e. The molecule has 1 aromatic carbocycles. The lowest BCUT2D eigenvalue weighted by Crippen LogP contribution is -2.08. The minimum Gasteiger partial charge on any atom is -0.462 e. The number of carbonyl (C=O) groups is 1. The van der Waals surface area contributed by atoms with Crippen LogP contribution in [0.3, 0.4) is 0 Å². The van der Waals surface area contributed by atoms with Gasteiger partial charge in [-0.25, -0.2) is 9.18 Å². The van der Waals surface area contributed by atoms with Crippen LogP contribution in [0, 0.1) is 12.7 Å². The van der Waals surface area contributed by atoms with Gasteiger partial charge in [0.1, 0.15) is 5.82 Å². The van der Waals surface area contributed by atoms with Gasteiger partial charge in [-0.1, -0.05) is 15.9 Å². The summed E-state index contributed by atoms with van der Waals surface area (Å²) in [7, 11) is 0. The summed E-state index contributed by atoms with van der Waals surface area (Å²) in [6, 6.07) is 7.99. The van der Waals surface area contributed by atoms with Crippen LogP contribution in [0.2, 0.25) is 0 Å². The van der Waals surface area contributed by atoms with Gasteiger partial charge in [-0.2, -0.15) is 0 Å². The van der Waals surface area contributed by atoms with Crippen molar-refractivity contribution in [2.45, 2.75) is 13.8 Å². The Morgan fingerprint density at radius 3 is 2.70 bits per heavy atom. The molecule has 104 valence electrons. The molecule has 1 heterocycles. The van der Waals surface area contributed by atoms with Crippen molar-refractivity contribution >= 4 is 21.9 Å². The molecule has 0 saturated carbocycles. The molecule has 5 heteroatoms. The zero-order valence-electron chi connectivity index (χ0n) is 11.1. The summed E-state index contributed by atoms with van der Waals surface area (Å²) in [6.07, 6.45) is 0. The van der Waals surface area contributed by atoms with Crippen LogP contribution in [0.15, 0.2) is 34.8 Å². The summed E-state index contributed by atoms with van der Waals surface area (Å²) in [4.78, 5) is 16.0. The highest BCUT2D eigenvalue weighted by atomic mass is 79.9. The lowest BCUT2D eigenvalue weighted by atomic mass is 10.1. The van der Waals surface area contributed by atoms with E-state index in [0.717, 1.165) is 0 Å². The molecule has 0 bridgehead atoms. The molecule has 0 saturated heterocycles. The second-order valence-electron chi connectivity index (χ2n) is 4.17. The number of aryl methyl sites for hydroxylation is 1. The zero-order chi connectivity index (χ0) is 14.7. The zero-order valence-corrected chi connectivity index (χ0v) is 12.7. The van der Waals surface area contributed by atoms with Crippen molar-refractivity contribution in [3.63, 3.8) is 0 Å². The van der Waals surface area contributed by atoms with Crippen LogP contribution >= 0.6 is 15.9 Å². The number of hydrogen-bond donors (Lipinski definition) is 0. The number of nitrogens with zero attached hydrogens (tertiary/aromatic N) is 1. The Morgan fingerprint density at radius 1 is 1.35 bits per heavy atom. The predicted octanol–water partition coefficient (Wildman–Crippen LogP) is 4.14. The summed E-state index contributed by atoms with van der Waals surface area (Å²) in [5.74, 6) is -0.782. The number of rotatable bonds is 3. The van der Waals surface area contributed by atoms with Gasteiger partial charge in [0.05, 0.1) is 23.6 Å². The van der Waals surface area contributed by atoms with Crippen LogP contribution in [0.1, 0.15) is 23.0 Å². The molecule has 0 aliphatic carbocycles. The van der Waals surface area contributed by atoms with Gasteiger partial charge >= 0.3 is 5.97 Å². The van der Waals surface area contributed by atoms with Gasteiger partial charge < -0.3 is 4.74 Å². The van der Waals surface area contributed by atoms with Gasteiger partial charge in [0.15, 0.2) is 0 Å². The molecule has 0 spiro atoms. The number of carbonyl (C=O) groups excluding carboxylic acids is 1. The van der Waals surface area contributed by atoms with E-state index < -0.39 is 5.97 Å². The minimum absolute atomic E-state index is 0.307. The Balaban J connectivity index is 2.40. The van der Waals surface area contributed by atoms with E-state index >= 15 is 0 Å². The maximum absolute atomic E-state index is 13.9. The molecule has 3 nitrogen and oxygen atoms in total.